The molecule has 108 valence electrons. The summed E-state index contributed by atoms with van der Waals surface area (Å²) in [4.78, 5) is 9.60. The van der Waals surface area contributed by atoms with Crippen LogP contribution < -0.4 is 0 Å². The van der Waals surface area contributed by atoms with Gasteiger partial charge in [0.15, 0.2) is 0 Å². The Balaban J connectivity index is 0.000000399. The Labute approximate surface area is 122 Å². The minimum Gasteiger partial charge on any atom is -0.462 e. The predicted molar refractivity (Wildman–Crippen MR) is 76.4 cm³/mol. The van der Waals surface area contributed by atoms with E-state index in [1.54, 1.807) is 19.2 Å². The van der Waals surface area contributed by atoms with E-state index in [-0.39, 0.29) is 17.5 Å². The molecule has 0 amide bonds. The molecule has 0 heterocycles. The first-order chi connectivity index (χ1) is 8.71. The summed E-state index contributed by atoms with van der Waals surface area (Å²) >= 11 is 3.27. The molecular formula is C14H20BrFO3. The largest absolute Gasteiger partial charge is 0.462 e. The smallest absolute Gasteiger partial charge is 0.293 e. The highest BCUT2D eigenvalue weighted by molar-refractivity contribution is 9.10. The first-order valence-electron chi connectivity index (χ1n) is 5.80. The van der Waals surface area contributed by atoms with Gasteiger partial charge in [0.1, 0.15) is 11.4 Å². The molecule has 5 heteroatoms. The van der Waals surface area contributed by atoms with Gasteiger partial charge in [0.25, 0.3) is 6.47 Å². The minimum atomic E-state index is -0.318. The zero-order valence-corrected chi connectivity index (χ0v) is 13.5. The number of rotatable bonds is 3. The lowest BCUT2D eigenvalue weighted by Crippen LogP contribution is -2.17. The highest BCUT2D eigenvalue weighted by Gasteiger charge is 2.09. The molecule has 0 spiro atoms. The van der Waals surface area contributed by atoms with Crippen LogP contribution in [0.15, 0.2) is 22.7 Å². The van der Waals surface area contributed by atoms with Crippen LogP contribution in [0.25, 0.3) is 0 Å². The lowest BCUT2D eigenvalue weighted by molar-refractivity contribution is -0.138. The summed E-state index contributed by atoms with van der Waals surface area (Å²) in [5.41, 5.74) is 0.258. The number of halogens is 2. The Morgan fingerprint density at radius 1 is 1.37 bits per heavy atom. The summed E-state index contributed by atoms with van der Waals surface area (Å²) in [5.74, 6) is -0.229. The highest BCUT2D eigenvalue weighted by Crippen LogP contribution is 2.23. The van der Waals surface area contributed by atoms with E-state index in [4.69, 9.17) is 4.74 Å². The molecule has 0 bridgehead atoms. The third-order valence-corrected chi connectivity index (χ3v) is 2.64. The van der Waals surface area contributed by atoms with Gasteiger partial charge in [-0.1, -0.05) is 15.9 Å². The van der Waals surface area contributed by atoms with Gasteiger partial charge < -0.3 is 9.47 Å². The second-order valence-electron chi connectivity index (χ2n) is 4.87. The van der Waals surface area contributed by atoms with Crippen molar-refractivity contribution in [1.29, 1.82) is 0 Å². The van der Waals surface area contributed by atoms with E-state index < -0.39 is 0 Å². The molecule has 0 N–H and O–H groups in total. The van der Waals surface area contributed by atoms with E-state index in [0.29, 0.717) is 12.0 Å². The molecule has 0 aromatic heterocycles. The van der Waals surface area contributed by atoms with Gasteiger partial charge in [-0.05, 0) is 45.9 Å². The third kappa shape index (κ3) is 7.95. The van der Waals surface area contributed by atoms with E-state index in [1.807, 2.05) is 27.7 Å². The molecule has 1 atom stereocenters. The first kappa shape index (κ1) is 18.1. The molecule has 0 fully saturated rings. The van der Waals surface area contributed by atoms with E-state index in [9.17, 15) is 9.18 Å². The first-order valence-corrected chi connectivity index (χ1v) is 6.59. The molecule has 1 unspecified atom stereocenters. The van der Waals surface area contributed by atoms with Gasteiger partial charge in [0.2, 0.25) is 0 Å². The minimum absolute atomic E-state index is 0.206. The molecule has 19 heavy (non-hydrogen) atoms. The van der Waals surface area contributed by atoms with Crippen molar-refractivity contribution < 1.29 is 18.7 Å². The van der Waals surface area contributed by atoms with Gasteiger partial charge in [-0.2, -0.15) is 0 Å². The van der Waals surface area contributed by atoms with Crippen LogP contribution in [0.5, 0.6) is 0 Å². The van der Waals surface area contributed by atoms with Crippen molar-refractivity contribution in [1.82, 2.24) is 0 Å². The van der Waals surface area contributed by atoms with Gasteiger partial charge in [-0.3, -0.25) is 4.79 Å². The number of hydrogen-bond acceptors (Lipinski definition) is 3. The third-order valence-electron chi connectivity index (χ3n) is 2.15. The van der Waals surface area contributed by atoms with Crippen molar-refractivity contribution in [2.45, 2.75) is 39.4 Å². The number of benzene rings is 1. The van der Waals surface area contributed by atoms with E-state index in [0.717, 1.165) is 4.47 Å². The van der Waals surface area contributed by atoms with Crippen LogP contribution >= 0.6 is 15.9 Å². The van der Waals surface area contributed by atoms with Crippen LogP contribution in [0, 0.1) is 5.82 Å². The number of carbonyl (C=O) groups excluding carboxylic acids is 1. The van der Waals surface area contributed by atoms with Crippen LogP contribution in [-0.4, -0.2) is 19.2 Å². The van der Waals surface area contributed by atoms with Gasteiger partial charge in [0.05, 0.1) is 6.10 Å². The topological polar surface area (TPSA) is 35.5 Å². The Kier molecular flexibility index (Phi) is 7.87. The van der Waals surface area contributed by atoms with Crippen molar-refractivity contribution in [3.8, 4) is 0 Å². The normalized spacial score (nSPS) is 12.2. The lowest BCUT2D eigenvalue weighted by atomic mass is 10.1. The maximum atomic E-state index is 13.1. The molecule has 3 nitrogen and oxygen atoms in total. The van der Waals surface area contributed by atoms with Crippen molar-refractivity contribution in [2.24, 2.45) is 0 Å². The zero-order valence-electron chi connectivity index (χ0n) is 11.9. The number of carbonyl (C=O) groups is 1. The summed E-state index contributed by atoms with van der Waals surface area (Å²) in [6.07, 6.45) is -0.206. The van der Waals surface area contributed by atoms with Crippen molar-refractivity contribution in [3.63, 3.8) is 0 Å². The van der Waals surface area contributed by atoms with Crippen LogP contribution in [0.3, 0.4) is 0 Å². The van der Waals surface area contributed by atoms with Crippen LogP contribution in [0.1, 0.15) is 39.4 Å². The molecular weight excluding hydrogens is 315 g/mol. The maximum Gasteiger partial charge on any atom is 0.293 e. The summed E-state index contributed by atoms with van der Waals surface area (Å²) in [6, 6.07) is 4.82. The molecule has 1 aromatic carbocycles. The highest BCUT2D eigenvalue weighted by atomic mass is 79.9. The van der Waals surface area contributed by atoms with E-state index >= 15 is 0 Å². The van der Waals surface area contributed by atoms with Gasteiger partial charge in [-0.25, -0.2) is 4.39 Å². The number of methoxy groups -OCH3 is 1. The SMILES string of the molecule is CC(C)(C)OC=O.COC(C)c1cc(Br)ccc1F. The Bertz CT molecular complexity index is 402. The van der Waals surface area contributed by atoms with Crippen molar-refractivity contribution in [3.05, 3.63) is 34.1 Å². The molecule has 0 radical (unpaired) electrons. The fourth-order valence-electron chi connectivity index (χ4n) is 1.10. The molecule has 0 aliphatic rings. The standard InChI is InChI=1S/C9H10BrFO.C5H10O2/c1-6(12-2)8-5-7(10)3-4-9(8)11;1-5(2,3)7-4-6/h3-6H,1-2H3;4H,1-3H3. The predicted octanol–water partition coefficient (Wildman–Crippen LogP) is 4.25. The molecule has 0 aliphatic heterocycles. The summed E-state index contributed by atoms with van der Waals surface area (Å²) in [7, 11) is 1.56. The van der Waals surface area contributed by atoms with Gasteiger partial charge in [-0.15, -0.1) is 0 Å². The maximum absolute atomic E-state index is 13.1. The molecule has 0 saturated heterocycles. The van der Waals surface area contributed by atoms with Gasteiger partial charge in [0, 0.05) is 17.1 Å². The second kappa shape index (κ2) is 8.27. The van der Waals surface area contributed by atoms with Crippen LogP contribution in [0.4, 0.5) is 4.39 Å². The average molecular weight is 335 g/mol. The second-order valence-corrected chi connectivity index (χ2v) is 5.79. The number of hydrogen-bond donors (Lipinski definition) is 0. The Hall–Kier alpha value is -0.940. The average Bonchev–Trinajstić information content (AvgIpc) is 2.30. The Morgan fingerprint density at radius 2 is 1.95 bits per heavy atom. The van der Waals surface area contributed by atoms with Crippen molar-refractivity contribution in [2.75, 3.05) is 7.11 Å². The zero-order chi connectivity index (χ0) is 15.1. The van der Waals surface area contributed by atoms with E-state index in [1.165, 1.54) is 6.07 Å². The summed E-state index contributed by atoms with van der Waals surface area (Å²) in [6.45, 7) is 7.73. The fraction of sp³-hybridized carbons (Fsp3) is 0.500. The number of ether oxygens (including phenoxy) is 2. The van der Waals surface area contributed by atoms with E-state index in [2.05, 4.69) is 20.7 Å². The Morgan fingerprint density at radius 3 is 2.32 bits per heavy atom. The fourth-order valence-corrected chi connectivity index (χ4v) is 1.48. The molecule has 0 aliphatic carbocycles. The molecule has 0 saturated carbocycles. The van der Waals surface area contributed by atoms with Crippen LogP contribution in [0.2, 0.25) is 0 Å². The quantitative estimate of drug-likeness (QED) is 0.775. The molecule has 1 rings (SSSR count). The van der Waals surface area contributed by atoms with Crippen LogP contribution in [-0.2, 0) is 14.3 Å². The molecule has 1 aromatic rings. The van der Waals surface area contributed by atoms with Crippen molar-refractivity contribution >= 4 is 22.4 Å². The summed E-state index contributed by atoms with van der Waals surface area (Å²) < 4.78 is 23.5. The monoisotopic (exact) mass is 334 g/mol. The summed E-state index contributed by atoms with van der Waals surface area (Å²) in [5, 5.41) is 0. The lowest BCUT2D eigenvalue weighted by Gasteiger charge is -2.14. The van der Waals surface area contributed by atoms with Gasteiger partial charge >= 0.3 is 0 Å².